The van der Waals surface area contributed by atoms with Crippen LogP contribution in [0.1, 0.15) is 46.6 Å². The average molecular weight is 326 g/mol. The summed E-state index contributed by atoms with van der Waals surface area (Å²) in [7, 11) is 0. The molecule has 6 heteroatoms. The maximum Gasteiger partial charge on any atom is 0.251 e. The van der Waals surface area contributed by atoms with E-state index in [1.165, 1.54) is 18.4 Å². The highest BCUT2D eigenvalue weighted by Gasteiger charge is 2.28. The predicted molar refractivity (Wildman–Crippen MR) is 88.5 cm³/mol. The highest BCUT2D eigenvalue weighted by molar-refractivity contribution is 5.94. The van der Waals surface area contributed by atoms with Crippen molar-refractivity contribution in [2.75, 3.05) is 13.1 Å². The first-order valence-corrected chi connectivity index (χ1v) is 8.69. The molecular weight excluding hydrogens is 304 g/mol. The van der Waals surface area contributed by atoms with Crippen LogP contribution in [0.4, 0.5) is 0 Å². The van der Waals surface area contributed by atoms with E-state index in [-0.39, 0.29) is 11.9 Å². The summed E-state index contributed by atoms with van der Waals surface area (Å²) in [4.78, 5) is 18.7. The van der Waals surface area contributed by atoms with Crippen molar-refractivity contribution in [3.63, 3.8) is 0 Å². The lowest BCUT2D eigenvalue weighted by atomic mass is 9.91. The summed E-state index contributed by atoms with van der Waals surface area (Å²) in [5.41, 5.74) is 2.90. The van der Waals surface area contributed by atoms with Crippen molar-refractivity contribution in [1.82, 2.24) is 20.4 Å². The van der Waals surface area contributed by atoms with E-state index in [1.807, 2.05) is 0 Å². The topological polar surface area (TPSA) is 71.3 Å². The number of hydrogen-bond donors (Lipinski definition) is 1. The van der Waals surface area contributed by atoms with Crippen LogP contribution in [0.25, 0.3) is 0 Å². The zero-order valence-electron chi connectivity index (χ0n) is 13.7. The van der Waals surface area contributed by atoms with Crippen LogP contribution in [0.3, 0.4) is 0 Å². The van der Waals surface area contributed by atoms with Gasteiger partial charge in [-0.25, -0.2) is 0 Å². The number of carbonyl (C=O) groups is 1. The van der Waals surface area contributed by atoms with Crippen molar-refractivity contribution < 1.29 is 9.32 Å². The van der Waals surface area contributed by atoms with Crippen molar-refractivity contribution in [2.45, 2.75) is 44.7 Å². The van der Waals surface area contributed by atoms with Gasteiger partial charge in [-0.15, -0.1) is 0 Å². The Morgan fingerprint density at radius 3 is 2.88 bits per heavy atom. The molecule has 2 aliphatic rings. The number of aromatic nitrogens is 2. The molecule has 0 bridgehead atoms. The highest BCUT2D eigenvalue weighted by Crippen LogP contribution is 2.26. The minimum absolute atomic E-state index is 0.0385. The summed E-state index contributed by atoms with van der Waals surface area (Å²) < 4.78 is 5.54. The third kappa shape index (κ3) is 3.19. The number of rotatable bonds is 4. The lowest BCUT2D eigenvalue weighted by Crippen LogP contribution is -2.39. The fraction of sp³-hybridized carbons (Fsp3) is 0.500. The number of nitrogens with zero attached hydrogens (tertiary/aromatic N) is 3. The molecule has 0 radical (unpaired) electrons. The molecule has 2 aromatic rings. The monoisotopic (exact) mass is 326 g/mol. The van der Waals surface area contributed by atoms with Crippen LogP contribution < -0.4 is 5.32 Å². The summed E-state index contributed by atoms with van der Waals surface area (Å²) in [5, 5.41) is 7.43. The Hall–Kier alpha value is -2.21. The van der Waals surface area contributed by atoms with Gasteiger partial charge in [-0.3, -0.25) is 14.7 Å². The van der Waals surface area contributed by atoms with Gasteiger partial charge >= 0.3 is 0 Å². The molecule has 3 heterocycles. The molecule has 1 amide bonds. The van der Waals surface area contributed by atoms with Crippen LogP contribution in [0.2, 0.25) is 0 Å². The molecule has 1 aliphatic carbocycles. The summed E-state index contributed by atoms with van der Waals surface area (Å²) >= 11 is 0. The number of likely N-dealkylation sites (tertiary alicyclic amines) is 1. The molecule has 24 heavy (non-hydrogen) atoms. The van der Waals surface area contributed by atoms with Gasteiger partial charge in [-0.2, -0.15) is 0 Å². The molecule has 0 spiro atoms. The van der Waals surface area contributed by atoms with E-state index in [0.717, 1.165) is 50.4 Å². The zero-order chi connectivity index (χ0) is 16.4. The molecule has 126 valence electrons. The lowest BCUT2D eigenvalue weighted by molar-refractivity contribution is 0.0932. The summed E-state index contributed by atoms with van der Waals surface area (Å²) in [5.74, 6) is 0.960. The van der Waals surface area contributed by atoms with E-state index in [0.29, 0.717) is 5.56 Å². The third-order valence-electron chi connectivity index (χ3n) is 4.97. The van der Waals surface area contributed by atoms with Crippen molar-refractivity contribution in [2.24, 2.45) is 0 Å². The normalized spacial score (nSPS) is 20.8. The minimum atomic E-state index is -0.0385. The number of amides is 1. The van der Waals surface area contributed by atoms with Gasteiger partial charge in [0.2, 0.25) is 0 Å². The number of aryl methyl sites for hydroxylation is 1. The van der Waals surface area contributed by atoms with E-state index in [9.17, 15) is 4.79 Å². The fourth-order valence-corrected chi connectivity index (χ4v) is 3.64. The molecule has 4 rings (SSSR count). The van der Waals surface area contributed by atoms with Crippen molar-refractivity contribution in [3.05, 3.63) is 47.1 Å². The Morgan fingerprint density at radius 1 is 1.29 bits per heavy atom. The van der Waals surface area contributed by atoms with Gasteiger partial charge in [0, 0.05) is 42.5 Å². The molecule has 1 atom stereocenters. The van der Waals surface area contributed by atoms with Gasteiger partial charge in [0.25, 0.3) is 5.91 Å². The quantitative estimate of drug-likeness (QED) is 0.930. The van der Waals surface area contributed by atoms with Gasteiger partial charge in [0.15, 0.2) is 0 Å². The van der Waals surface area contributed by atoms with E-state index in [4.69, 9.17) is 4.52 Å². The van der Waals surface area contributed by atoms with Crippen LogP contribution >= 0.6 is 0 Å². The second-order valence-electron chi connectivity index (χ2n) is 6.66. The molecule has 1 aliphatic heterocycles. The number of nitrogens with one attached hydrogen (secondary N) is 1. The smallest absolute Gasteiger partial charge is 0.251 e. The van der Waals surface area contributed by atoms with Gasteiger partial charge in [-0.05, 0) is 50.9 Å². The van der Waals surface area contributed by atoms with Crippen LogP contribution in [-0.4, -0.2) is 40.1 Å². The Morgan fingerprint density at radius 2 is 2.08 bits per heavy atom. The van der Waals surface area contributed by atoms with Crippen molar-refractivity contribution >= 4 is 5.91 Å². The number of pyridine rings is 1. The Balaban J connectivity index is 1.43. The Bertz CT molecular complexity index is 707. The molecule has 1 saturated heterocycles. The molecular formula is C18H22N4O2. The second-order valence-corrected chi connectivity index (χ2v) is 6.66. The molecule has 0 aromatic carbocycles. The maximum atomic E-state index is 12.3. The van der Waals surface area contributed by atoms with Gasteiger partial charge < -0.3 is 9.84 Å². The van der Waals surface area contributed by atoms with Gasteiger partial charge in [0.1, 0.15) is 11.5 Å². The largest absolute Gasteiger partial charge is 0.361 e. The minimum Gasteiger partial charge on any atom is -0.361 e. The first-order chi connectivity index (χ1) is 11.8. The highest BCUT2D eigenvalue weighted by atomic mass is 16.5. The number of carbonyl (C=O) groups excluding carboxylic acids is 1. The maximum absolute atomic E-state index is 12.3. The SMILES string of the molecule is O=C(NC1CCc2onc(CN3CCCC3)c2C1)c1ccncc1. The molecule has 2 aromatic heterocycles. The molecule has 1 N–H and O–H groups in total. The van der Waals surface area contributed by atoms with E-state index < -0.39 is 0 Å². The average Bonchev–Trinajstić information content (AvgIpc) is 3.26. The van der Waals surface area contributed by atoms with Crippen LogP contribution in [-0.2, 0) is 19.4 Å². The molecule has 0 saturated carbocycles. The Kier molecular flexibility index (Phi) is 4.30. The fourth-order valence-electron chi connectivity index (χ4n) is 3.64. The predicted octanol–water partition coefficient (Wildman–Crippen LogP) is 1.95. The summed E-state index contributed by atoms with van der Waals surface area (Å²) in [6.07, 6.45) is 8.35. The van der Waals surface area contributed by atoms with E-state index >= 15 is 0 Å². The van der Waals surface area contributed by atoms with Crippen molar-refractivity contribution in [3.8, 4) is 0 Å². The van der Waals surface area contributed by atoms with Crippen LogP contribution in [0.5, 0.6) is 0 Å². The van der Waals surface area contributed by atoms with Gasteiger partial charge in [0.05, 0.1) is 0 Å². The number of hydrogen-bond acceptors (Lipinski definition) is 5. The van der Waals surface area contributed by atoms with Crippen LogP contribution in [0.15, 0.2) is 29.0 Å². The van der Waals surface area contributed by atoms with Crippen LogP contribution in [0, 0.1) is 0 Å². The third-order valence-corrected chi connectivity index (χ3v) is 4.97. The van der Waals surface area contributed by atoms with Gasteiger partial charge in [-0.1, -0.05) is 5.16 Å². The lowest BCUT2D eigenvalue weighted by Gasteiger charge is -2.23. The summed E-state index contributed by atoms with van der Waals surface area (Å²) in [6.45, 7) is 3.15. The molecule has 1 fully saturated rings. The first-order valence-electron chi connectivity index (χ1n) is 8.69. The molecule has 6 nitrogen and oxygen atoms in total. The Labute approximate surface area is 141 Å². The number of fused-ring (bicyclic) bond motifs is 1. The van der Waals surface area contributed by atoms with Crippen molar-refractivity contribution in [1.29, 1.82) is 0 Å². The second kappa shape index (κ2) is 6.73. The standard InChI is InChI=1S/C18H22N4O2/c23-18(13-5-7-19-8-6-13)20-14-3-4-17-15(11-14)16(21-24-17)12-22-9-1-2-10-22/h5-8,14H,1-4,9-12H2,(H,20,23). The first kappa shape index (κ1) is 15.3. The van der Waals surface area contributed by atoms with E-state index in [1.54, 1.807) is 24.5 Å². The van der Waals surface area contributed by atoms with E-state index in [2.05, 4.69) is 20.4 Å². The molecule has 1 unspecified atom stereocenters. The summed E-state index contributed by atoms with van der Waals surface area (Å²) in [6, 6.07) is 3.61. The zero-order valence-corrected chi connectivity index (χ0v) is 13.7.